The first-order chi connectivity index (χ1) is 13.5. The van der Waals surface area contributed by atoms with E-state index in [4.69, 9.17) is 11.6 Å². The molecule has 2 unspecified atom stereocenters. The van der Waals surface area contributed by atoms with Crippen LogP contribution in [0.15, 0.2) is 29.3 Å². The summed E-state index contributed by atoms with van der Waals surface area (Å²) in [6.07, 6.45) is 0. The minimum Gasteiger partial charge on any atom is -0.355 e. The molecule has 0 aromatic heterocycles. The number of halogens is 2. The van der Waals surface area contributed by atoms with E-state index in [-0.39, 0.29) is 30.0 Å². The second-order valence-electron chi connectivity index (χ2n) is 7.49. The van der Waals surface area contributed by atoms with Gasteiger partial charge in [-0.15, -0.1) is 24.0 Å². The highest BCUT2D eigenvalue weighted by molar-refractivity contribution is 14.0. The smallest absolute Gasteiger partial charge is 0.191 e. The van der Waals surface area contributed by atoms with Gasteiger partial charge in [0.2, 0.25) is 0 Å². The Hall–Kier alpha value is -0.610. The Balaban J connectivity index is 0.00000420. The number of likely N-dealkylation sites (N-methyl/N-ethyl adjacent to an activating group) is 3. The minimum atomic E-state index is 0. The van der Waals surface area contributed by atoms with E-state index in [0.29, 0.717) is 6.04 Å². The monoisotopic (exact) mass is 536 g/mol. The summed E-state index contributed by atoms with van der Waals surface area (Å²) in [5.74, 6) is 0.839. The number of nitrogens with one attached hydrogen (secondary N) is 2. The fourth-order valence-corrected chi connectivity index (χ4v) is 4.06. The van der Waals surface area contributed by atoms with Gasteiger partial charge in [-0.05, 0) is 38.8 Å². The van der Waals surface area contributed by atoms with Gasteiger partial charge >= 0.3 is 0 Å². The highest BCUT2D eigenvalue weighted by Gasteiger charge is 2.23. The van der Waals surface area contributed by atoms with Crippen LogP contribution in [0.5, 0.6) is 0 Å². The van der Waals surface area contributed by atoms with Crippen molar-refractivity contribution in [3.63, 3.8) is 0 Å². The molecule has 0 radical (unpaired) electrons. The fourth-order valence-electron chi connectivity index (χ4n) is 3.80. The van der Waals surface area contributed by atoms with Crippen LogP contribution in [0.4, 0.5) is 0 Å². The molecule has 1 aromatic rings. The first-order valence-corrected chi connectivity index (χ1v) is 10.7. The second kappa shape index (κ2) is 13.6. The predicted molar refractivity (Wildman–Crippen MR) is 136 cm³/mol. The highest BCUT2D eigenvalue weighted by atomic mass is 127. The van der Waals surface area contributed by atoms with Crippen molar-refractivity contribution in [3.8, 4) is 0 Å². The quantitative estimate of drug-likeness (QED) is 0.304. The van der Waals surface area contributed by atoms with Gasteiger partial charge in [0.1, 0.15) is 0 Å². The molecule has 0 saturated carbocycles. The van der Waals surface area contributed by atoms with Gasteiger partial charge in [0.15, 0.2) is 5.96 Å². The standard InChI is InChI=1S/C21H37ClN6.HI/c1-6-28(7-2)20(18-10-8-9-11-19(18)22)15-25-21(23-3)24-14-17-16-26(4)12-13-27(17)5;/h8-11,17,20H,6-7,12-16H2,1-5H3,(H2,23,24,25);1H. The first kappa shape index (κ1) is 26.4. The van der Waals surface area contributed by atoms with E-state index in [0.717, 1.165) is 62.4 Å². The van der Waals surface area contributed by atoms with Gasteiger partial charge in [0, 0.05) is 50.8 Å². The third-order valence-electron chi connectivity index (χ3n) is 5.69. The van der Waals surface area contributed by atoms with Crippen molar-refractivity contribution in [2.24, 2.45) is 4.99 Å². The molecular formula is C21H38ClIN6. The molecule has 2 atom stereocenters. The molecule has 0 amide bonds. The predicted octanol–water partition coefficient (Wildman–Crippen LogP) is 2.75. The summed E-state index contributed by atoms with van der Waals surface area (Å²) in [5.41, 5.74) is 1.16. The van der Waals surface area contributed by atoms with Crippen LogP contribution < -0.4 is 10.6 Å². The van der Waals surface area contributed by atoms with Crippen molar-refractivity contribution in [1.29, 1.82) is 0 Å². The molecule has 1 aromatic carbocycles. The van der Waals surface area contributed by atoms with Crippen molar-refractivity contribution >= 4 is 41.5 Å². The van der Waals surface area contributed by atoms with Gasteiger partial charge in [-0.1, -0.05) is 43.6 Å². The zero-order valence-corrected chi connectivity index (χ0v) is 21.6. The molecule has 2 rings (SSSR count). The molecule has 166 valence electrons. The number of hydrogen-bond acceptors (Lipinski definition) is 4. The largest absolute Gasteiger partial charge is 0.355 e. The zero-order chi connectivity index (χ0) is 20.5. The number of aliphatic imine (C=N–C) groups is 1. The Morgan fingerprint density at radius 2 is 1.90 bits per heavy atom. The molecule has 0 spiro atoms. The maximum absolute atomic E-state index is 6.51. The average molecular weight is 537 g/mol. The molecule has 1 heterocycles. The molecule has 1 fully saturated rings. The molecule has 29 heavy (non-hydrogen) atoms. The molecular weight excluding hydrogens is 499 g/mol. The fraction of sp³-hybridized carbons (Fsp3) is 0.667. The molecule has 1 aliphatic heterocycles. The summed E-state index contributed by atoms with van der Waals surface area (Å²) < 4.78 is 0. The van der Waals surface area contributed by atoms with Crippen LogP contribution in [0.3, 0.4) is 0 Å². The van der Waals surface area contributed by atoms with Gasteiger partial charge in [-0.2, -0.15) is 0 Å². The number of nitrogens with zero attached hydrogens (tertiary/aromatic N) is 4. The van der Waals surface area contributed by atoms with Gasteiger partial charge in [-0.25, -0.2) is 0 Å². The Labute approximate surface area is 199 Å². The Morgan fingerprint density at radius 3 is 2.52 bits per heavy atom. The van der Waals surface area contributed by atoms with Crippen LogP contribution >= 0.6 is 35.6 Å². The van der Waals surface area contributed by atoms with Gasteiger partial charge in [-0.3, -0.25) is 14.8 Å². The first-order valence-electron chi connectivity index (χ1n) is 10.3. The van der Waals surface area contributed by atoms with Crippen LogP contribution in [0.2, 0.25) is 5.02 Å². The van der Waals surface area contributed by atoms with E-state index < -0.39 is 0 Å². The lowest BCUT2D eigenvalue weighted by Gasteiger charge is -2.38. The number of benzene rings is 1. The Bertz CT molecular complexity index is 625. The Morgan fingerprint density at radius 1 is 1.21 bits per heavy atom. The summed E-state index contributed by atoms with van der Waals surface area (Å²) in [6, 6.07) is 8.81. The van der Waals surface area contributed by atoms with E-state index in [1.807, 2.05) is 19.2 Å². The molecule has 2 N–H and O–H groups in total. The molecule has 6 nitrogen and oxygen atoms in total. The van der Waals surface area contributed by atoms with Crippen molar-refractivity contribution in [1.82, 2.24) is 25.3 Å². The molecule has 0 bridgehead atoms. The summed E-state index contributed by atoms with van der Waals surface area (Å²) in [7, 11) is 6.21. The van der Waals surface area contributed by atoms with Crippen molar-refractivity contribution in [2.45, 2.75) is 25.9 Å². The molecule has 1 aliphatic rings. The number of piperazine rings is 1. The third-order valence-corrected chi connectivity index (χ3v) is 6.03. The second-order valence-corrected chi connectivity index (χ2v) is 7.90. The Kier molecular flexibility index (Phi) is 12.4. The van der Waals surface area contributed by atoms with Crippen molar-refractivity contribution in [2.75, 3.05) is 67.0 Å². The number of guanidine groups is 1. The number of hydrogen-bond donors (Lipinski definition) is 2. The van der Waals surface area contributed by atoms with E-state index in [9.17, 15) is 0 Å². The van der Waals surface area contributed by atoms with Crippen LogP contribution in [-0.4, -0.2) is 93.7 Å². The third kappa shape index (κ3) is 7.86. The SMILES string of the molecule is CCN(CC)C(CNC(=NC)NCC1CN(C)CCN1C)c1ccccc1Cl.I. The lowest BCUT2D eigenvalue weighted by Crippen LogP contribution is -2.55. The van der Waals surface area contributed by atoms with Crippen molar-refractivity contribution < 1.29 is 0 Å². The van der Waals surface area contributed by atoms with Crippen molar-refractivity contribution in [3.05, 3.63) is 34.9 Å². The topological polar surface area (TPSA) is 46.1 Å². The van der Waals surface area contributed by atoms with Crippen LogP contribution in [-0.2, 0) is 0 Å². The van der Waals surface area contributed by atoms with Gasteiger partial charge in [0.05, 0.1) is 6.04 Å². The summed E-state index contributed by atoms with van der Waals surface area (Å²) >= 11 is 6.51. The summed E-state index contributed by atoms with van der Waals surface area (Å²) in [5, 5.41) is 7.84. The maximum Gasteiger partial charge on any atom is 0.191 e. The summed E-state index contributed by atoms with van der Waals surface area (Å²) in [6.45, 7) is 11.3. The van der Waals surface area contributed by atoms with E-state index in [2.05, 4.69) is 70.4 Å². The lowest BCUT2D eigenvalue weighted by atomic mass is 10.0. The van der Waals surface area contributed by atoms with E-state index >= 15 is 0 Å². The van der Waals surface area contributed by atoms with Crippen LogP contribution in [0, 0.1) is 0 Å². The van der Waals surface area contributed by atoms with E-state index in [1.54, 1.807) is 0 Å². The maximum atomic E-state index is 6.51. The number of rotatable bonds is 8. The van der Waals surface area contributed by atoms with Gasteiger partial charge < -0.3 is 15.5 Å². The normalized spacial score (nSPS) is 19.7. The van der Waals surface area contributed by atoms with Crippen LogP contribution in [0.25, 0.3) is 0 Å². The van der Waals surface area contributed by atoms with Gasteiger partial charge in [0.25, 0.3) is 0 Å². The molecule has 1 saturated heterocycles. The lowest BCUT2D eigenvalue weighted by molar-refractivity contribution is 0.116. The minimum absolute atomic E-state index is 0. The highest BCUT2D eigenvalue weighted by Crippen LogP contribution is 2.26. The summed E-state index contributed by atoms with van der Waals surface area (Å²) in [4.78, 5) is 11.7. The molecule has 0 aliphatic carbocycles. The van der Waals surface area contributed by atoms with Crippen LogP contribution in [0.1, 0.15) is 25.5 Å². The molecule has 8 heteroatoms. The zero-order valence-electron chi connectivity index (χ0n) is 18.5. The average Bonchev–Trinajstić information content (AvgIpc) is 2.70. The van der Waals surface area contributed by atoms with E-state index in [1.165, 1.54) is 0 Å².